The van der Waals surface area contributed by atoms with Crippen molar-refractivity contribution in [3.05, 3.63) is 65.2 Å². The van der Waals surface area contributed by atoms with Crippen LogP contribution in [0.3, 0.4) is 0 Å². The number of rotatable bonds is 7. The molecule has 1 fully saturated rings. The monoisotopic (exact) mass is 460 g/mol. The molecule has 3 amide bonds. The van der Waals surface area contributed by atoms with Crippen molar-refractivity contribution in [2.45, 2.75) is 52.1 Å². The molecule has 1 atom stereocenters. The van der Waals surface area contributed by atoms with Crippen molar-refractivity contribution in [3.63, 3.8) is 0 Å². The van der Waals surface area contributed by atoms with E-state index >= 15 is 0 Å². The van der Waals surface area contributed by atoms with Gasteiger partial charge in [-0.3, -0.25) is 14.4 Å². The zero-order valence-electron chi connectivity index (χ0n) is 19.7. The molecule has 5 N–H and O–H groups in total. The highest BCUT2D eigenvalue weighted by Gasteiger charge is 2.34. The number of nitrogens with one attached hydrogen (secondary N) is 1. The molecule has 4 rings (SSSR count). The minimum atomic E-state index is -0.761. The molecule has 7 nitrogen and oxygen atoms in total. The maximum atomic E-state index is 13.4. The lowest BCUT2D eigenvalue weighted by Crippen LogP contribution is -2.47. The van der Waals surface area contributed by atoms with E-state index in [9.17, 15) is 14.4 Å². The first-order chi connectivity index (χ1) is 16.3. The first-order valence-electron chi connectivity index (χ1n) is 11.8. The molecule has 7 heteroatoms. The van der Waals surface area contributed by atoms with E-state index in [1.54, 1.807) is 4.90 Å². The molecule has 178 valence electrons. The van der Waals surface area contributed by atoms with Crippen molar-refractivity contribution >= 4 is 34.7 Å². The highest BCUT2D eigenvalue weighted by Crippen LogP contribution is 2.47. The largest absolute Gasteiger partial charge is 0.398 e. The molecule has 0 bridgehead atoms. The molecule has 1 aliphatic carbocycles. The molecule has 1 aliphatic heterocycles. The van der Waals surface area contributed by atoms with Crippen LogP contribution in [0, 0.1) is 11.8 Å². The number of hydrogen-bond donors (Lipinski definition) is 3. The maximum Gasteiger partial charge on any atom is 0.240 e. The van der Waals surface area contributed by atoms with E-state index in [1.165, 1.54) is 5.57 Å². The normalized spacial score (nSPS) is 18.4. The number of carbonyl (C=O) groups is 3. The number of primary amides is 1. The Morgan fingerprint density at radius 2 is 1.65 bits per heavy atom. The molecular formula is C27H32N4O3. The van der Waals surface area contributed by atoms with Crippen LogP contribution in [0.25, 0.3) is 11.3 Å². The smallest absolute Gasteiger partial charge is 0.240 e. The van der Waals surface area contributed by atoms with E-state index in [2.05, 4.69) is 11.4 Å². The third-order valence-corrected chi connectivity index (χ3v) is 6.55. The van der Waals surface area contributed by atoms with E-state index in [4.69, 9.17) is 11.5 Å². The number of fused-ring (bicyclic) bond motifs is 2. The number of hydrogen-bond acceptors (Lipinski definition) is 4. The number of benzene rings is 2. The number of nitrogens with zero attached hydrogens (tertiary/aromatic N) is 1. The van der Waals surface area contributed by atoms with Gasteiger partial charge in [0.15, 0.2) is 0 Å². The van der Waals surface area contributed by atoms with E-state index in [0.717, 1.165) is 35.2 Å². The van der Waals surface area contributed by atoms with Gasteiger partial charge in [-0.15, -0.1) is 0 Å². The first kappa shape index (κ1) is 23.5. The second-order valence-electron chi connectivity index (χ2n) is 9.45. The Hall–Kier alpha value is -3.61. The number of allylic oxidation sites excluding steroid dienone is 1. The van der Waals surface area contributed by atoms with Gasteiger partial charge < -0.3 is 21.7 Å². The van der Waals surface area contributed by atoms with Crippen LogP contribution in [0.1, 0.15) is 56.2 Å². The molecule has 0 spiro atoms. The van der Waals surface area contributed by atoms with Crippen molar-refractivity contribution in [3.8, 4) is 0 Å². The predicted molar refractivity (Wildman–Crippen MR) is 133 cm³/mol. The summed E-state index contributed by atoms with van der Waals surface area (Å²) in [6, 6.07) is 15.0. The van der Waals surface area contributed by atoms with Gasteiger partial charge in [0.1, 0.15) is 6.04 Å². The lowest BCUT2D eigenvalue weighted by Gasteiger charge is -2.30. The Labute approximate surface area is 200 Å². The van der Waals surface area contributed by atoms with Crippen LogP contribution in [-0.2, 0) is 20.9 Å². The van der Waals surface area contributed by atoms with E-state index in [-0.39, 0.29) is 30.6 Å². The average molecular weight is 461 g/mol. The molecule has 0 radical (unpaired) electrons. The van der Waals surface area contributed by atoms with E-state index in [0.29, 0.717) is 18.2 Å². The van der Waals surface area contributed by atoms with Crippen molar-refractivity contribution < 1.29 is 14.4 Å². The molecule has 0 unspecified atom stereocenters. The summed E-state index contributed by atoms with van der Waals surface area (Å²) in [5.41, 5.74) is 17.7. The molecule has 34 heavy (non-hydrogen) atoms. The quantitative estimate of drug-likeness (QED) is 0.588. The lowest BCUT2D eigenvalue weighted by atomic mass is 9.89. The summed E-state index contributed by atoms with van der Waals surface area (Å²) in [5, 5.41) is 2.65. The summed E-state index contributed by atoms with van der Waals surface area (Å²) in [5.74, 6) is -0.829. The summed E-state index contributed by atoms with van der Waals surface area (Å²) in [6.07, 6.45) is 2.21. The third kappa shape index (κ3) is 4.83. The zero-order chi connectivity index (χ0) is 24.4. The topological polar surface area (TPSA) is 119 Å². The Kier molecular flexibility index (Phi) is 6.72. The number of para-hydroxylation sites is 1. The average Bonchev–Trinajstić information content (AvgIpc) is 3.64. The standard InChI is InChI=1S/C27H32N4O3/c1-16(2)26(27(29)34)30-22(32)13-14-23(33)31-15-18-7-3-4-8-19(18)24(17-11-12-17)25(28)20-9-5-6-10-21(20)31/h3-10,16-17,26H,11-15,28H2,1-2H3,(H2,29,34)(H,30,32)/b25-24+/t26-/m0/s1. The summed E-state index contributed by atoms with van der Waals surface area (Å²) < 4.78 is 0. The minimum Gasteiger partial charge on any atom is -0.398 e. The second kappa shape index (κ2) is 9.71. The van der Waals surface area contributed by atoms with E-state index in [1.807, 2.05) is 56.3 Å². The maximum absolute atomic E-state index is 13.4. The highest BCUT2D eigenvalue weighted by atomic mass is 16.2. The van der Waals surface area contributed by atoms with Crippen molar-refractivity contribution in [1.82, 2.24) is 5.32 Å². The Morgan fingerprint density at radius 1 is 1.00 bits per heavy atom. The Morgan fingerprint density at radius 3 is 2.29 bits per heavy atom. The van der Waals surface area contributed by atoms with Gasteiger partial charge in [0, 0.05) is 24.1 Å². The highest BCUT2D eigenvalue weighted by molar-refractivity contribution is 6.02. The molecular weight excluding hydrogens is 428 g/mol. The molecule has 0 saturated heterocycles. The summed E-state index contributed by atoms with van der Waals surface area (Å²) in [6.45, 7) is 4.01. The minimum absolute atomic E-state index is 0.00497. The van der Waals surface area contributed by atoms with Gasteiger partial charge in [-0.25, -0.2) is 0 Å². The SMILES string of the molecule is CC(C)[C@H](NC(=O)CCC(=O)N1Cc2ccccc2/C(C2CC2)=C(/N)c2ccccc21)C(N)=O. The first-order valence-corrected chi connectivity index (χ1v) is 11.8. The van der Waals surface area contributed by atoms with Crippen molar-refractivity contribution in [1.29, 1.82) is 0 Å². The fourth-order valence-corrected chi connectivity index (χ4v) is 4.61. The van der Waals surface area contributed by atoms with Crippen LogP contribution in [0.4, 0.5) is 5.69 Å². The molecule has 1 saturated carbocycles. The molecule has 2 aromatic carbocycles. The van der Waals surface area contributed by atoms with Gasteiger partial charge in [0.25, 0.3) is 0 Å². The van der Waals surface area contributed by atoms with Gasteiger partial charge >= 0.3 is 0 Å². The van der Waals surface area contributed by atoms with Crippen molar-refractivity contribution in [2.75, 3.05) is 4.90 Å². The lowest BCUT2D eigenvalue weighted by molar-refractivity contribution is -0.129. The fraction of sp³-hybridized carbons (Fsp3) is 0.370. The van der Waals surface area contributed by atoms with Crippen LogP contribution in [0.15, 0.2) is 48.5 Å². The summed E-state index contributed by atoms with van der Waals surface area (Å²) >= 11 is 0. The summed E-state index contributed by atoms with van der Waals surface area (Å²) in [4.78, 5) is 39.2. The van der Waals surface area contributed by atoms with Crippen LogP contribution in [0.5, 0.6) is 0 Å². The number of amides is 3. The van der Waals surface area contributed by atoms with Gasteiger partial charge in [-0.05, 0) is 47.4 Å². The Balaban J connectivity index is 1.62. The van der Waals surface area contributed by atoms with Crippen LogP contribution in [0.2, 0.25) is 0 Å². The predicted octanol–water partition coefficient (Wildman–Crippen LogP) is 3.18. The zero-order valence-corrected chi connectivity index (χ0v) is 19.7. The third-order valence-electron chi connectivity index (χ3n) is 6.55. The molecule has 2 aliphatic rings. The van der Waals surface area contributed by atoms with Gasteiger partial charge in [0.05, 0.1) is 12.2 Å². The molecule has 2 aromatic rings. The Bertz CT molecular complexity index is 1150. The van der Waals surface area contributed by atoms with Crippen molar-refractivity contribution in [2.24, 2.45) is 23.3 Å². The van der Waals surface area contributed by atoms with Crippen LogP contribution >= 0.6 is 0 Å². The second-order valence-corrected chi connectivity index (χ2v) is 9.45. The molecule has 0 aromatic heterocycles. The van der Waals surface area contributed by atoms with Crippen LogP contribution in [-0.4, -0.2) is 23.8 Å². The van der Waals surface area contributed by atoms with E-state index < -0.39 is 11.9 Å². The fourth-order valence-electron chi connectivity index (χ4n) is 4.61. The number of carbonyl (C=O) groups excluding carboxylic acids is 3. The van der Waals surface area contributed by atoms with Gasteiger partial charge in [0.2, 0.25) is 17.7 Å². The van der Waals surface area contributed by atoms with Gasteiger partial charge in [-0.2, -0.15) is 0 Å². The number of anilines is 1. The summed E-state index contributed by atoms with van der Waals surface area (Å²) in [7, 11) is 0. The molecule has 1 heterocycles. The van der Waals surface area contributed by atoms with Crippen LogP contribution < -0.4 is 21.7 Å². The van der Waals surface area contributed by atoms with Gasteiger partial charge in [-0.1, -0.05) is 56.3 Å². The number of nitrogens with two attached hydrogens (primary N) is 2.